The lowest BCUT2D eigenvalue weighted by Gasteiger charge is -2.19. The highest BCUT2D eigenvalue weighted by Crippen LogP contribution is 2.29. The first kappa shape index (κ1) is 22.1. The predicted molar refractivity (Wildman–Crippen MR) is 123 cm³/mol. The monoisotopic (exact) mass is 454 g/mol. The fourth-order valence-corrected chi connectivity index (χ4v) is 5.07. The van der Waals surface area contributed by atoms with E-state index >= 15 is 0 Å². The van der Waals surface area contributed by atoms with Gasteiger partial charge in [0.25, 0.3) is 5.91 Å². The Hall–Kier alpha value is -3.10. The van der Waals surface area contributed by atoms with Crippen LogP contribution < -0.4 is 14.2 Å². The molecule has 0 unspecified atom stereocenters. The van der Waals surface area contributed by atoms with Crippen LogP contribution in [0.2, 0.25) is 0 Å². The van der Waals surface area contributed by atoms with E-state index in [0.717, 1.165) is 34.9 Å². The van der Waals surface area contributed by atoms with E-state index in [9.17, 15) is 13.2 Å². The summed E-state index contributed by atoms with van der Waals surface area (Å²) in [6.45, 7) is 0.384. The van der Waals surface area contributed by atoms with Gasteiger partial charge in [-0.15, -0.1) is 0 Å². The van der Waals surface area contributed by atoms with Gasteiger partial charge in [0.2, 0.25) is 10.0 Å². The number of nitrogens with one attached hydrogen (secondary N) is 1. The molecule has 1 saturated carbocycles. The van der Waals surface area contributed by atoms with Gasteiger partial charge in [-0.2, -0.15) is 0 Å². The Balaban J connectivity index is 1.55. The standard InChI is InChI=1S/C24H26N2O5S/c1-26(15-16-4-5-18-13-21(30-2)10-6-17(18)12-16)24(27)19-7-11-22(31-3)23(14-19)32(28,29)25-20-8-9-20/h4-7,10-14,20,25H,8-9,15H2,1-3H3. The molecule has 1 amide bonds. The van der Waals surface area contributed by atoms with Gasteiger partial charge in [0.05, 0.1) is 14.2 Å². The maximum atomic E-state index is 13.1. The number of hydrogen-bond acceptors (Lipinski definition) is 5. The van der Waals surface area contributed by atoms with E-state index in [-0.39, 0.29) is 28.2 Å². The number of carbonyl (C=O) groups excluding carboxylic acids is 1. The number of amides is 1. The average molecular weight is 455 g/mol. The molecule has 168 valence electrons. The molecule has 8 heteroatoms. The Labute approximate surface area is 188 Å². The molecule has 0 radical (unpaired) electrons. The van der Waals surface area contributed by atoms with E-state index in [4.69, 9.17) is 9.47 Å². The number of fused-ring (bicyclic) bond motifs is 1. The fraction of sp³-hybridized carbons (Fsp3) is 0.292. The van der Waals surface area contributed by atoms with Crippen molar-refractivity contribution in [1.82, 2.24) is 9.62 Å². The van der Waals surface area contributed by atoms with Gasteiger partial charge in [-0.1, -0.05) is 18.2 Å². The Morgan fingerprint density at radius 3 is 2.41 bits per heavy atom. The van der Waals surface area contributed by atoms with Crippen LogP contribution in [0.25, 0.3) is 10.8 Å². The average Bonchev–Trinajstić information content (AvgIpc) is 3.61. The minimum atomic E-state index is -3.77. The number of benzene rings is 3. The van der Waals surface area contributed by atoms with Crippen LogP contribution in [0.4, 0.5) is 0 Å². The first-order valence-electron chi connectivity index (χ1n) is 10.3. The maximum Gasteiger partial charge on any atom is 0.253 e. The Kier molecular flexibility index (Phi) is 6.08. The van der Waals surface area contributed by atoms with Crippen LogP contribution in [0.1, 0.15) is 28.8 Å². The highest BCUT2D eigenvalue weighted by molar-refractivity contribution is 7.89. The zero-order valence-corrected chi connectivity index (χ0v) is 19.1. The Morgan fingerprint density at radius 2 is 1.72 bits per heavy atom. The minimum absolute atomic E-state index is 0.0224. The second-order valence-corrected chi connectivity index (χ2v) is 9.65. The van der Waals surface area contributed by atoms with Crippen molar-refractivity contribution < 1.29 is 22.7 Å². The van der Waals surface area contributed by atoms with Gasteiger partial charge in [-0.3, -0.25) is 4.79 Å². The van der Waals surface area contributed by atoms with Crippen LogP contribution in [-0.4, -0.2) is 46.5 Å². The zero-order chi connectivity index (χ0) is 22.9. The summed E-state index contributed by atoms with van der Waals surface area (Å²) in [5.41, 5.74) is 1.25. The van der Waals surface area contributed by atoms with E-state index in [1.165, 1.54) is 19.2 Å². The third-order valence-corrected chi connectivity index (χ3v) is 7.02. The molecule has 0 aromatic heterocycles. The number of nitrogens with zero attached hydrogens (tertiary/aromatic N) is 1. The summed E-state index contributed by atoms with van der Waals surface area (Å²) >= 11 is 0. The number of carbonyl (C=O) groups is 1. The smallest absolute Gasteiger partial charge is 0.253 e. The van der Waals surface area contributed by atoms with Crippen LogP contribution in [-0.2, 0) is 16.6 Å². The topological polar surface area (TPSA) is 84.9 Å². The molecule has 3 aromatic rings. The molecule has 0 saturated heterocycles. The van der Waals surface area contributed by atoms with Crippen LogP contribution in [0.3, 0.4) is 0 Å². The quantitative estimate of drug-likeness (QED) is 0.563. The summed E-state index contributed by atoms with van der Waals surface area (Å²) in [7, 11) is 0.973. The SMILES string of the molecule is COc1ccc2cc(CN(C)C(=O)c3ccc(OC)c(S(=O)(=O)NC4CC4)c3)ccc2c1. The number of methoxy groups -OCH3 is 2. The summed E-state index contributed by atoms with van der Waals surface area (Å²) in [6, 6.07) is 16.3. The first-order chi connectivity index (χ1) is 15.3. The fourth-order valence-electron chi connectivity index (χ4n) is 3.57. The second-order valence-electron chi connectivity index (χ2n) is 7.97. The molecular weight excluding hydrogens is 428 g/mol. The normalized spacial score (nSPS) is 13.7. The van der Waals surface area contributed by atoms with E-state index in [1.807, 2.05) is 36.4 Å². The molecule has 1 aliphatic carbocycles. The summed E-state index contributed by atoms with van der Waals surface area (Å²) < 4.78 is 38.6. The number of sulfonamides is 1. The van der Waals surface area contributed by atoms with Gasteiger partial charge in [0.1, 0.15) is 16.4 Å². The lowest BCUT2D eigenvalue weighted by atomic mass is 10.1. The van der Waals surface area contributed by atoms with Gasteiger partial charge in [-0.25, -0.2) is 13.1 Å². The van der Waals surface area contributed by atoms with Crippen molar-refractivity contribution in [2.45, 2.75) is 30.3 Å². The lowest BCUT2D eigenvalue weighted by Crippen LogP contribution is -2.28. The number of rotatable bonds is 8. The predicted octanol–water partition coefficient (Wildman–Crippen LogP) is 3.57. The molecule has 0 aliphatic heterocycles. The minimum Gasteiger partial charge on any atom is -0.497 e. The molecule has 0 spiro atoms. The molecule has 0 bridgehead atoms. The Bertz CT molecular complexity index is 1270. The highest BCUT2D eigenvalue weighted by Gasteiger charge is 2.30. The van der Waals surface area contributed by atoms with E-state index in [0.29, 0.717) is 6.54 Å². The molecule has 32 heavy (non-hydrogen) atoms. The molecular formula is C24H26N2O5S. The second kappa shape index (κ2) is 8.80. The molecule has 0 atom stereocenters. The maximum absolute atomic E-state index is 13.1. The van der Waals surface area contributed by atoms with Crippen LogP contribution in [0.15, 0.2) is 59.5 Å². The van der Waals surface area contributed by atoms with Crippen LogP contribution in [0, 0.1) is 0 Å². The first-order valence-corrected chi connectivity index (χ1v) is 11.8. The summed E-state index contributed by atoms with van der Waals surface area (Å²) in [5, 5.41) is 2.10. The van der Waals surface area contributed by atoms with Gasteiger partial charge in [0.15, 0.2) is 0 Å². The third-order valence-electron chi connectivity index (χ3n) is 5.48. The largest absolute Gasteiger partial charge is 0.497 e. The molecule has 7 nitrogen and oxygen atoms in total. The van der Waals surface area contributed by atoms with Gasteiger partial charge >= 0.3 is 0 Å². The molecule has 1 fully saturated rings. The van der Waals surface area contributed by atoms with Crippen molar-refractivity contribution in [2.75, 3.05) is 21.3 Å². The van der Waals surface area contributed by atoms with Gasteiger partial charge in [0, 0.05) is 25.2 Å². The van der Waals surface area contributed by atoms with Crippen molar-refractivity contribution in [1.29, 1.82) is 0 Å². The lowest BCUT2D eigenvalue weighted by molar-refractivity contribution is 0.0785. The van der Waals surface area contributed by atoms with Crippen molar-refractivity contribution in [3.8, 4) is 11.5 Å². The summed E-state index contributed by atoms with van der Waals surface area (Å²) in [5.74, 6) is 0.728. The molecule has 1 N–H and O–H groups in total. The Morgan fingerprint density at radius 1 is 1.00 bits per heavy atom. The summed E-state index contributed by atoms with van der Waals surface area (Å²) in [4.78, 5) is 14.6. The number of hydrogen-bond donors (Lipinski definition) is 1. The van der Waals surface area contributed by atoms with Crippen LogP contribution >= 0.6 is 0 Å². The third kappa shape index (κ3) is 4.71. The molecule has 0 heterocycles. The van der Waals surface area contributed by atoms with Crippen molar-refractivity contribution >= 4 is 26.7 Å². The summed E-state index contributed by atoms with van der Waals surface area (Å²) in [6.07, 6.45) is 1.64. The molecule has 1 aliphatic rings. The van der Waals surface area contributed by atoms with E-state index in [1.54, 1.807) is 25.1 Å². The number of ether oxygens (including phenoxy) is 2. The van der Waals surface area contributed by atoms with Gasteiger partial charge < -0.3 is 14.4 Å². The highest BCUT2D eigenvalue weighted by atomic mass is 32.2. The molecule has 3 aromatic carbocycles. The van der Waals surface area contributed by atoms with Crippen molar-refractivity contribution in [3.63, 3.8) is 0 Å². The van der Waals surface area contributed by atoms with E-state index < -0.39 is 10.0 Å². The van der Waals surface area contributed by atoms with Crippen molar-refractivity contribution in [2.24, 2.45) is 0 Å². The van der Waals surface area contributed by atoms with Gasteiger partial charge in [-0.05, 0) is 65.6 Å². The molecule has 4 rings (SSSR count). The zero-order valence-electron chi connectivity index (χ0n) is 18.3. The van der Waals surface area contributed by atoms with Crippen molar-refractivity contribution in [3.05, 3.63) is 65.7 Å². The van der Waals surface area contributed by atoms with Crippen LogP contribution in [0.5, 0.6) is 11.5 Å². The van der Waals surface area contributed by atoms with E-state index in [2.05, 4.69) is 4.72 Å².